The van der Waals surface area contributed by atoms with Crippen LogP contribution in [0.15, 0.2) is 36.4 Å². The fraction of sp³-hybridized carbons (Fsp3) is 0.0769. The Kier molecular flexibility index (Phi) is 2.04. The highest BCUT2D eigenvalue weighted by molar-refractivity contribution is 5.79. The lowest BCUT2D eigenvalue weighted by Crippen LogP contribution is -2.39. The van der Waals surface area contributed by atoms with Crippen molar-refractivity contribution in [3.8, 4) is 0 Å². The third-order valence-electron chi connectivity index (χ3n) is 3.01. The first-order valence-electron chi connectivity index (χ1n) is 5.52. The van der Waals surface area contributed by atoms with E-state index in [4.69, 9.17) is 5.73 Å². The van der Waals surface area contributed by atoms with Gasteiger partial charge >= 0.3 is 0 Å². The molecule has 18 heavy (non-hydrogen) atoms. The van der Waals surface area contributed by atoms with Gasteiger partial charge in [-0.2, -0.15) is 9.46 Å². The number of nitrogens with zero attached hydrogens (tertiary/aromatic N) is 2. The van der Waals surface area contributed by atoms with Crippen LogP contribution < -0.4 is 15.2 Å². The van der Waals surface area contributed by atoms with Crippen LogP contribution in [0.1, 0.15) is 5.56 Å². The summed E-state index contributed by atoms with van der Waals surface area (Å²) in [6.07, 6.45) is 0. The molecule has 0 aliphatic rings. The van der Waals surface area contributed by atoms with Gasteiger partial charge in [-0.25, -0.2) is 0 Å². The Balaban J connectivity index is 2.60. The zero-order valence-electron chi connectivity index (χ0n) is 9.75. The van der Waals surface area contributed by atoms with Crippen molar-refractivity contribution < 1.29 is 9.46 Å². The van der Waals surface area contributed by atoms with Crippen molar-refractivity contribution in [2.24, 2.45) is 0 Å². The molecule has 0 radical (unpaired) electrons. The second kappa shape index (κ2) is 3.46. The van der Waals surface area contributed by atoms with E-state index < -0.39 is 0 Å². The molecule has 3 rings (SSSR count). The summed E-state index contributed by atoms with van der Waals surface area (Å²) in [6.45, 7) is 1.88. The van der Waals surface area contributed by atoms with Crippen molar-refractivity contribution >= 4 is 27.8 Å². The molecule has 0 bridgehead atoms. The highest BCUT2D eigenvalue weighted by Crippen LogP contribution is 2.16. The highest BCUT2D eigenvalue weighted by atomic mass is 16.5. The minimum Gasteiger partial charge on any atom is -0.617 e. The number of anilines is 1. The largest absolute Gasteiger partial charge is 0.617 e. The summed E-state index contributed by atoms with van der Waals surface area (Å²) >= 11 is 0. The van der Waals surface area contributed by atoms with Crippen LogP contribution in [0.5, 0.6) is 0 Å². The maximum absolute atomic E-state index is 12.2. The van der Waals surface area contributed by atoms with Gasteiger partial charge < -0.3 is 16.1 Å². The van der Waals surface area contributed by atoms with Crippen molar-refractivity contribution in [2.45, 2.75) is 6.92 Å². The van der Waals surface area contributed by atoms with E-state index in [1.54, 1.807) is 30.3 Å². The number of rotatable bonds is 0. The van der Waals surface area contributed by atoms with E-state index in [9.17, 15) is 10.4 Å². The molecule has 0 spiro atoms. The first kappa shape index (κ1) is 10.6. The molecule has 0 atom stereocenters. The van der Waals surface area contributed by atoms with Crippen molar-refractivity contribution in [3.05, 3.63) is 52.4 Å². The zero-order chi connectivity index (χ0) is 12.9. The van der Waals surface area contributed by atoms with Crippen LogP contribution in [-0.2, 0) is 0 Å². The van der Waals surface area contributed by atoms with Crippen molar-refractivity contribution in [1.29, 1.82) is 0 Å². The molecule has 0 saturated heterocycles. The molecular weight excluding hydrogens is 230 g/mol. The van der Waals surface area contributed by atoms with Crippen LogP contribution in [0.3, 0.4) is 0 Å². The lowest BCUT2D eigenvalue weighted by molar-refractivity contribution is -0.591. The number of aryl methyl sites for hydroxylation is 1. The van der Waals surface area contributed by atoms with E-state index in [2.05, 4.69) is 0 Å². The number of aromatic nitrogens is 2. The average Bonchev–Trinajstić information content (AvgIpc) is 2.36. The van der Waals surface area contributed by atoms with E-state index >= 15 is 0 Å². The Hall–Kier alpha value is -2.56. The second-order valence-electron chi connectivity index (χ2n) is 4.33. The highest BCUT2D eigenvalue weighted by Gasteiger charge is 2.20. The molecule has 0 unspecified atom stereocenters. The Bertz CT molecular complexity index is 717. The zero-order valence-corrected chi connectivity index (χ0v) is 9.75. The Morgan fingerprint density at radius 1 is 0.833 bits per heavy atom. The van der Waals surface area contributed by atoms with Crippen LogP contribution in [0.4, 0.5) is 5.69 Å². The van der Waals surface area contributed by atoms with Crippen molar-refractivity contribution in [2.75, 3.05) is 5.73 Å². The van der Waals surface area contributed by atoms with Gasteiger partial charge in [0.25, 0.3) is 22.1 Å². The van der Waals surface area contributed by atoms with Gasteiger partial charge in [0, 0.05) is 30.0 Å². The van der Waals surface area contributed by atoms with Gasteiger partial charge in [0.05, 0.1) is 0 Å². The fourth-order valence-corrected chi connectivity index (χ4v) is 2.10. The van der Waals surface area contributed by atoms with E-state index in [0.29, 0.717) is 22.2 Å². The summed E-state index contributed by atoms with van der Waals surface area (Å²) in [6, 6.07) is 9.83. The molecule has 0 aliphatic heterocycles. The molecule has 0 fully saturated rings. The Morgan fingerprint density at radius 2 is 1.39 bits per heavy atom. The molecule has 2 N–H and O–H groups in total. The molecule has 5 nitrogen and oxygen atoms in total. The summed E-state index contributed by atoms with van der Waals surface area (Å²) < 4.78 is 1.51. The van der Waals surface area contributed by atoms with Gasteiger partial charge in [0.1, 0.15) is 0 Å². The maximum atomic E-state index is 12.2. The van der Waals surface area contributed by atoms with Gasteiger partial charge in [0.15, 0.2) is 0 Å². The molecule has 2 aromatic carbocycles. The van der Waals surface area contributed by atoms with Crippen LogP contribution >= 0.6 is 0 Å². The summed E-state index contributed by atoms with van der Waals surface area (Å²) in [4.78, 5) is 0. The normalized spacial score (nSPS) is 11.2. The minimum absolute atomic E-state index is 0.279. The lowest BCUT2D eigenvalue weighted by Gasteiger charge is -2.08. The lowest BCUT2D eigenvalue weighted by atomic mass is 10.2. The average molecular weight is 241 g/mol. The third-order valence-corrected chi connectivity index (χ3v) is 3.01. The molecule has 1 heterocycles. The minimum atomic E-state index is 0.279. The topological polar surface area (TPSA) is 79.9 Å². The van der Waals surface area contributed by atoms with Crippen molar-refractivity contribution in [1.82, 2.24) is 0 Å². The van der Waals surface area contributed by atoms with E-state index in [1.807, 2.05) is 6.92 Å². The number of hydrogen-bond acceptors (Lipinski definition) is 3. The van der Waals surface area contributed by atoms with E-state index in [1.165, 1.54) is 6.07 Å². The summed E-state index contributed by atoms with van der Waals surface area (Å²) in [5.74, 6) is 0. The van der Waals surface area contributed by atoms with E-state index in [-0.39, 0.29) is 5.52 Å². The quantitative estimate of drug-likeness (QED) is 0.277. The second-order valence-corrected chi connectivity index (χ2v) is 4.33. The Morgan fingerprint density at radius 3 is 2.06 bits per heavy atom. The van der Waals surface area contributed by atoms with Gasteiger partial charge in [-0.05, 0) is 18.6 Å². The fourth-order valence-electron chi connectivity index (χ4n) is 2.10. The molecular formula is C13H11N3O2. The van der Waals surface area contributed by atoms with Crippen LogP contribution in [-0.4, -0.2) is 0 Å². The number of nitrogens with two attached hydrogens (primary N) is 1. The summed E-state index contributed by atoms with van der Waals surface area (Å²) in [5.41, 5.74) is 8.34. The first-order valence-corrected chi connectivity index (χ1v) is 5.52. The molecule has 3 aromatic rings. The molecule has 0 amide bonds. The molecule has 90 valence electrons. The van der Waals surface area contributed by atoms with E-state index in [0.717, 1.165) is 15.0 Å². The van der Waals surface area contributed by atoms with Crippen LogP contribution in [0, 0.1) is 17.3 Å². The smallest absolute Gasteiger partial charge is 0.292 e. The standard InChI is InChI=1S/C13H11N3O2/c1-8-2-4-10-12(6-8)15(17)11-5-3-9(14)7-13(11)16(10)18/h2-7H,14H2,1H3. The molecule has 0 aliphatic carbocycles. The Labute approximate surface area is 103 Å². The molecule has 5 heteroatoms. The van der Waals surface area contributed by atoms with Crippen LogP contribution in [0.2, 0.25) is 0 Å². The van der Waals surface area contributed by atoms with Gasteiger partial charge in [-0.1, -0.05) is 6.07 Å². The monoisotopic (exact) mass is 241 g/mol. The number of nitrogen functional groups attached to an aromatic ring is 1. The predicted molar refractivity (Wildman–Crippen MR) is 68.5 cm³/mol. The third kappa shape index (κ3) is 1.34. The van der Waals surface area contributed by atoms with Gasteiger partial charge in [-0.15, -0.1) is 0 Å². The molecule has 1 aromatic heterocycles. The predicted octanol–water partition coefficient (Wildman–Crippen LogP) is 1.15. The maximum Gasteiger partial charge on any atom is 0.292 e. The van der Waals surface area contributed by atoms with Gasteiger partial charge in [-0.3, -0.25) is 0 Å². The SMILES string of the molecule is Cc1ccc2c(c1)[n+]([O-])c1ccc(N)cc1[n+]2[O-]. The van der Waals surface area contributed by atoms with Crippen molar-refractivity contribution in [3.63, 3.8) is 0 Å². The van der Waals surface area contributed by atoms with Crippen LogP contribution in [0.25, 0.3) is 22.1 Å². The summed E-state index contributed by atoms with van der Waals surface area (Å²) in [7, 11) is 0. The number of fused-ring (bicyclic) bond motifs is 2. The van der Waals surface area contributed by atoms with Gasteiger partial charge in [0.2, 0.25) is 0 Å². The first-order chi connectivity index (χ1) is 8.58. The number of benzene rings is 2. The summed E-state index contributed by atoms with van der Waals surface area (Å²) in [5, 5.41) is 24.4. The number of hydrogen-bond donors (Lipinski definition) is 1. The molecule has 0 saturated carbocycles.